The molecule has 0 aromatic heterocycles. The number of aliphatic carboxylic acids is 1. The zero-order chi connectivity index (χ0) is 35.1. The first-order chi connectivity index (χ1) is 22.8. The summed E-state index contributed by atoms with van der Waals surface area (Å²) >= 11 is 0. The SMILES string of the molecule is CC(=O)N[C@H]1[C@@H](O[C@@H](C)[C@@H](NC(=O)OCC2c3ccccc3-c3ccccc32)C(=O)O)O[C@H](COC(C)=O)[C@H](OC(C)=O)[C@@H]1OC(C)=O. The van der Waals surface area contributed by atoms with Crippen molar-refractivity contribution in [1.29, 1.82) is 0 Å². The predicted molar refractivity (Wildman–Crippen MR) is 164 cm³/mol. The molecular formula is C33H38N2O13. The van der Waals surface area contributed by atoms with Gasteiger partial charge >= 0.3 is 30.0 Å². The second-order valence-electron chi connectivity index (χ2n) is 11.3. The third-order valence-corrected chi connectivity index (χ3v) is 7.77. The number of nitrogens with one attached hydrogen (secondary N) is 2. The van der Waals surface area contributed by atoms with E-state index in [4.69, 9.17) is 28.4 Å². The van der Waals surface area contributed by atoms with Crippen molar-refractivity contribution in [3.63, 3.8) is 0 Å². The molecule has 1 fully saturated rings. The zero-order valence-corrected chi connectivity index (χ0v) is 27.0. The maximum absolute atomic E-state index is 13.0. The first-order valence-electron chi connectivity index (χ1n) is 15.2. The molecule has 1 aliphatic heterocycles. The van der Waals surface area contributed by atoms with Crippen molar-refractivity contribution in [2.24, 2.45) is 0 Å². The normalized spacial score (nSPS) is 22.6. The van der Waals surface area contributed by atoms with Crippen molar-refractivity contribution < 1.29 is 62.3 Å². The number of rotatable bonds is 12. The van der Waals surface area contributed by atoms with Gasteiger partial charge in [-0.05, 0) is 29.2 Å². The van der Waals surface area contributed by atoms with Gasteiger partial charge in [-0.3, -0.25) is 19.2 Å². The molecule has 2 amide bonds. The number of ether oxygens (including phenoxy) is 6. The van der Waals surface area contributed by atoms with Crippen molar-refractivity contribution >= 4 is 35.9 Å². The van der Waals surface area contributed by atoms with Crippen LogP contribution in [0.3, 0.4) is 0 Å². The van der Waals surface area contributed by atoms with Crippen LogP contribution in [0.15, 0.2) is 48.5 Å². The highest BCUT2D eigenvalue weighted by atomic mass is 16.7. The van der Waals surface area contributed by atoms with Crippen LogP contribution in [0.2, 0.25) is 0 Å². The summed E-state index contributed by atoms with van der Waals surface area (Å²) < 4.78 is 33.2. The van der Waals surface area contributed by atoms with Crippen LogP contribution in [0, 0.1) is 0 Å². The largest absolute Gasteiger partial charge is 0.480 e. The molecule has 3 N–H and O–H groups in total. The van der Waals surface area contributed by atoms with E-state index in [2.05, 4.69) is 10.6 Å². The van der Waals surface area contributed by atoms with Gasteiger partial charge in [-0.15, -0.1) is 0 Å². The van der Waals surface area contributed by atoms with Gasteiger partial charge in [0.15, 0.2) is 24.5 Å². The lowest BCUT2D eigenvalue weighted by Crippen LogP contribution is -2.67. The van der Waals surface area contributed by atoms with Gasteiger partial charge in [0.25, 0.3) is 0 Å². The summed E-state index contributed by atoms with van der Waals surface area (Å²) in [4.78, 5) is 73.2. The van der Waals surface area contributed by atoms with Crippen LogP contribution in [0.25, 0.3) is 11.1 Å². The molecule has 0 saturated carbocycles. The molecule has 1 saturated heterocycles. The number of carboxylic acids is 1. The summed E-state index contributed by atoms with van der Waals surface area (Å²) in [6.45, 7) is 5.26. The second-order valence-corrected chi connectivity index (χ2v) is 11.3. The molecule has 15 heteroatoms. The Morgan fingerprint density at radius 3 is 1.88 bits per heavy atom. The summed E-state index contributed by atoms with van der Waals surface area (Å²) in [6.07, 6.45) is -7.98. The van der Waals surface area contributed by atoms with E-state index in [1.165, 1.54) is 6.92 Å². The minimum absolute atomic E-state index is 0.0722. The average molecular weight is 671 g/mol. The lowest BCUT2D eigenvalue weighted by Gasteiger charge is -2.45. The van der Waals surface area contributed by atoms with E-state index in [-0.39, 0.29) is 12.5 Å². The van der Waals surface area contributed by atoms with Gasteiger partial charge in [0.05, 0.1) is 6.10 Å². The first-order valence-corrected chi connectivity index (χ1v) is 15.2. The maximum atomic E-state index is 13.0. The molecule has 15 nitrogen and oxygen atoms in total. The van der Waals surface area contributed by atoms with Crippen molar-refractivity contribution in [2.75, 3.05) is 13.2 Å². The average Bonchev–Trinajstić information content (AvgIpc) is 3.33. The Balaban J connectivity index is 1.52. The van der Waals surface area contributed by atoms with Gasteiger partial charge < -0.3 is 44.2 Å². The van der Waals surface area contributed by atoms with Crippen LogP contribution >= 0.6 is 0 Å². The van der Waals surface area contributed by atoms with Gasteiger partial charge in [0.2, 0.25) is 5.91 Å². The van der Waals surface area contributed by atoms with Gasteiger partial charge in [-0.2, -0.15) is 0 Å². The number of hydrogen-bond donors (Lipinski definition) is 3. The number of carbonyl (C=O) groups is 6. The molecule has 1 heterocycles. The molecule has 0 radical (unpaired) electrons. The van der Waals surface area contributed by atoms with Crippen molar-refractivity contribution in [3.8, 4) is 11.1 Å². The van der Waals surface area contributed by atoms with Crippen LogP contribution in [-0.4, -0.2) is 97.0 Å². The van der Waals surface area contributed by atoms with Gasteiger partial charge in [0.1, 0.15) is 25.4 Å². The van der Waals surface area contributed by atoms with Crippen molar-refractivity contribution in [3.05, 3.63) is 59.7 Å². The lowest BCUT2D eigenvalue weighted by molar-refractivity contribution is -0.287. The first kappa shape index (κ1) is 35.8. The highest BCUT2D eigenvalue weighted by Gasteiger charge is 2.52. The van der Waals surface area contributed by atoms with E-state index >= 15 is 0 Å². The molecule has 48 heavy (non-hydrogen) atoms. The van der Waals surface area contributed by atoms with Crippen LogP contribution in [0.4, 0.5) is 4.79 Å². The number of alkyl carbamates (subject to hydrolysis) is 1. The Morgan fingerprint density at radius 1 is 0.792 bits per heavy atom. The van der Waals surface area contributed by atoms with Crippen LogP contribution in [0.1, 0.15) is 51.7 Å². The fraction of sp³-hybridized carbons (Fsp3) is 0.455. The summed E-state index contributed by atoms with van der Waals surface area (Å²) in [5.41, 5.74) is 3.97. The molecule has 0 bridgehead atoms. The molecule has 4 rings (SSSR count). The Labute approximate surface area is 276 Å². The molecule has 1 aliphatic carbocycles. The zero-order valence-electron chi connectivity index (χ0n) is 27.0. The number of hydrogen-bond acceptors (Lipinski definition) is 12. The van der Waals surface area contributed by atoms with Crippen molar-refractivity contribution in [1.82, 2.24) is 10.6 Å². The maximum Gasteiger partial charge on any atom is 0.407 e. The van der Waals surface area contributed by atoms with Gasteiger partial charge in [0, 0.05) is 33.6 Å². The Bertz CT molecular complexity index is 1500. The Hall–Kier alpha value is -5.02. The molecule has 258 valence electrons. The summed E-state index contributed by atoms with van der Waals surface area (Å²) in [6, 6.07) is 12.4. The lowest BCUT2D eigenvalue weighted by atomic mass is 9.95. The van der Waals surface area contributed by atoms with E-state index in [0.29, 0.717) is 0 Å². The molecule has 0 spiro atoms. The highest BCUT2D eigenvalue weighted by molar-refractivity contribution is 5.81. The van der Waals surface area contributed by atoms with Crippen LogP contribution in [0.5, 0.6) is 0 Å². The Morgan fingerprint density at radius 2 is 1.35 bits per heavy atom. The Kier molecular flexibility index (Phi) is 11.7. The third kappa shape index (κ3) is 8.66. The minimum Gasteiger partial charge on any atom is -0.480 e. The van der Waals surface area contributed by atoms with E-state index in [9.17, 15) is 33.9 Å². The number of carbonyl (C=O) groups excluding carboxylic acids is 5. The molecule has 2 aliphatic rings. The number of fused-ring (bicyclic) bond motifs is 3. The monoisotopic (exact) mass is 670 g/mol. The van der Waals surface area contributed by atoms with Crippen LogP contribution in [-0.2, 0) is 52.4 Å². The van der Waals surface area contributed by atoms with E-state index < -0.39 is 85.3 Å². The van der Waals surface area contributed by atoms with Gasteiger partial charge in [-0.25, -0.2) is 9.59 Å². The molecular weight excluding hydrogens is 632 g/mol. The molecule has 2 aromatic carbocycles. The van der Waals surface area contributed by atoms with Crippen molar-refractivity contribution in [2.45, 2.75) is 83.3 Å². The summed E-state index contributed by atoms with van der Waals surface area (Å²) in [5, 5.41) is 14.9. The third-order valence-electron chi connectivity index (χ3n) is 7.77. The number of amides is 2. The number of benzene rings is 2. The van der Waals surface area contributed by atoms with E-state index in [1.54, 1.807) is 0 Å². The molecule has 2 aromatic rings. The smallest absolute Gasteiger partial charge is 0.407 e. The molecule has 7 atom stereocenters. The summed E-state index contributed by atoms with van der Waals surface area (Å²) in [7, 11) is 0. The summed E-state index contributed by atoms with van der Waals surface area (Å²) in [5.74, 6) is -4.67. The van der Waals surface area contributed by atoms with E-state index in [1.807, 2.05) is 48.5 Å². The highest BCUT2D eigenvalue weighted by Crippen LogP contribution is 2.44. The van der Waals surface area contributed by atoms with Crippen LogP contribution < -0.4 is 10.6 Å². The molecule has 0 unspecified atom stereocenters. The number of carboxylic acid groups (broad SMARTS) is 1. The number of esters is 3. The fourth-order valence-corrected chi connectivity index (χ4v) is 5.84. The fourth-order valence-electron chi connectivity index (χ4n) is 5.84. The predicted octanol–water partition coefficient (Wildman–Crippen LogP) is 2.04. The quantitative estimate of drug-likeness (QED) is 0.219. The topological polar surface area (TPSA) is 202 Å². The second kappa shape index (κ2) is 15.7. The standard InChI is InChI=1S/C33H38N2O13/c1-16(27(31(40)41)35-33(42)44-14-25-23-12-8-6-10-21(23)22-11-7-9-13-24(22)25)45-32-28(34-17(2)36)30(47-20(5)39)29(46-19(4)38)26(48-32)15-43-18(3)37/h6-13,16,25-30,32H,14-15H2,1-5H3,(H,34,36)(H,35,42)(H,40,41)/t16-,26+,27+,28+,29-,30+,32-/m0/s1. The minimum atomic E-state index is -1.69. The van der Waals surface area contributed by atoms with E-state index in [0.717, 1.165) is 49.9 Å². The van der Waals surface area contributed by atoms with Gasteiger partial charge in [-0.1, -0.05) is 48.5 Å².